The molecule has 174 valence electrons. The first-order valence-corrected chi connectivity index (χ1v) is 12.2. The summed E-state index contributed by atoms with van der Waals surface area (Å²) in [5, 5.41) is 7.72. The fraction of sp³-hybridized carbons (Fsp3) is 0.381. The molecule has 0 spiro atoms. The van der Waals surface area contributed by atoms with Crippen molar-refractivity contribution in [1.82, 2.24) is 24.9 Å². The quantitative estimate of drug-likeness (QED) is 0.560. The second-order valence-corrected chi connectivity index (χ2v) is 10.2. The van der Waals surface area contributed by atoms with Gasteiger partial charge < -0.3 is 4.90 Å². The number of nitrogens with zero attached hydrogens (tertiary/aromatic N) is 6. The highest BCUT2D eigenvalue weighted by atomic mass is 32.2. The summed E-state index contributed by atoms with van der Waals surface area (Å²) >= 11 is 0. The SMILES string of the molecule is O=S(=O)(Nc1cccc(N2CCN(Cc3cn(-c4cc(F)ccc4F)nn3)CC2)n1)C1CC1. The Morgan fingerprint density at radius 2 is 1.85 bits per heavy atom. The number of rotatable bonds is 7. The van der Waals surface area contributed by atoms with E-state index in [0.717, 1.165) is 37.1 Å². The van der Waals surface area contributed by atoms with Gasteiger partial charge in [-0.3, -0.25) is 9.62 Å². The Morgan fingerprint density at radius 1 is 1.06 bits per heavy atom. The second-order valence-electron chi connectivity index (χ2n) is 8.24. The maximum Gasteiger partial charge on any atom is 0.236 e. The number of pyridine rings is 1. The molecule has 5 rings (SSSR count). The average molecular weight is 476 g/mol. The lowest BCUT2D eigenvalue weighted by Gasteiger charge is -2.35. The summed E-state index contributed by atoms with van der Waals surface area (Å²) in [6.45, 7) is 3.41. The van der Waals surface area contributed by atoms with Gasteiger partial charge in [0, 0.05) is 38.8 Å². The van der Waals surface area contributed by atoms with Gasteiger partial charge in [-0.1, -0.05) is 11.3 Å². The average Bonchev–Trinajstić information content (AvgIpc) is 3.57. The maximum absolute atomic E-state index is 14.0. The van der Waals surface area contributed by atoms with E-state index in [9.17, 15) is 17.2 Å². The largest absolute Gasteiger partial charge is 0.354 e. The number of aromatic nitrogens is 4. The van der Waals surface area contributed by atoms with Crippen LogP contribution in [0.5, 0.6) is 0 Å². The highest BCUT2D eigenvalue weighted by molar-refractivity contribution is 7.93. The number of halogens is 2. The van der Waals surface area contributed by atoms with Gasteiger partial charge in [0.05, 0.1) is 17.1 Å². The number of hydrogen-bond acceptors (Lipinski definition) is 7. The molecule has 0 unspecified atom stereocenters. The molecule has 0 atom stereocenters. The molecule has 2 fully saturated rings. The van der Waals surface area contributed by atoms with Crippen molar-refractivity contribution in [2.45, 2.75) is 24.6 Å². The Balaban J connectivity index is 1.19. The molecule has 33 heavy (non-hydrogen) atoms. The molecule has 1 saturated heterocycles. The number of hydrogen-bond donors (Lipinski definition) is 1. The lowest BCUT2D eigenvalue weighted by molar-refractivity contribution is 0.246. The van der Waals surface area contributed by atoms with Crippen molar-refractivity contribution < 1.29 is 17.2 Å². The molecule has 3 aromatic rings. The van der Waals surface area contributed by atoms with Gasteiger partial charge in [0.15, 0.2) is 0 Å². The van der Waals surface area contributed by atoms with E-state index in [0.29, 0.717) is 44.0 Å². The summed E-state index contributed by atoms with van der Waals surface area (Å²) < 4.78 is 55.6. The minimum atomic E-state index is -3.35. The molecule has 1 aromatic carbocycles. The topological polar surface area (TPSA) is 96.2 Å². The van der Waals surface area contributed by atoms with Crippen LogP contribution in [-0.2, 0) is 16.6 Å². The Labute approximate surface area is 190 Å². The summed E-state index contributed by atoms with van der Waals surface area (Å²) in [7, 11) is -3.35. The summed E-state index contributed by atoms with van der Waals surface area (Å²) in [6, 6.07) is 8.52. The standard InChI is InChI=1S/C21H23F2N7O2S/c22-15-4-7-18(23)19(12-15)30-14-16(25-27-30)13-28-8-10-29(11-9-28)21-3-1-2-20(24-21)26-33(31,32)17-5-6-17/h1-4,7,12,14,17H,5-6,8-11,13H2,(H,24,26). The van der Waals surface area contributed by atoms with Gasteiger partial charge in [-0.25, -0.2) is 26.9 Å². The third-order valence-electron chi connectivity index (χ3n) is 5.72. The molecule has 0 bridgehead atoms. The van der Waals surface area contributed by atoms with Crippen LogP contribution in [0, 0.1) is 11.6 Å². The maximum atomic E-state index is 14.0. The van der Waals surface area contributed by atoms with Crippen molar-refractivity contribution >= 4 is 21.7 Å². The summed E-state index contributed by atoms with van der Waals surface area (Å²) in [5.41, 5.74) is 0.670. The number of sulfonamides is 1. The van der Waals surface area contributed by atoms with Crippen LogP contribution in [0.25, 0.3) is 5.69 Å². The van der Waals surface area contributed by atoms with Crippen LogP contribution < -0.4 is 9.62 Å². The van der Waals surface area contributed by atoms with Crippen LogP contribution >= 0.6 is 0 Å². The van der Waals surface area contributed by atoms with Crippen molar-refractivity contribution in [3.8, 4) is 5.69 Å². The van der Waals surface area contributed by atoms with E-state index in [4.69, 9.17) is 0 Å². The van der Waals surface area contributed by atoms with Gasteiger partial charge in [0.25, 0.3) is 0 Å². The van der Waals surface area contributed by atoms with Crippen molar-refractivity contribution in [3.63, 3.8) is 0 Å². The number of piperazine rings is 1. The van der Waals surface area contributed by atoms with Gasteiger partial charge in [0.1, 0.15) is 29.0 Å². The molecule has 1 saturated carbocycles. The summed E-state index contributed by atoms with van der Waals surface area (Å²) in [6.07, 6.45) is 2.99. The highest BCUT2D eigenvalue weighted by Gasteiger charge is 2.36. The van der Waals surface area contributed by atoms with Crippen LogP contribution in [0.2, 0.25) is 0 Å². The molecule has 9 nitrogen and oxygen atoms in total. The molecule has 0 radical (unpaired) electrons. The van der Waals surface area contributed by atoms with Crippen LogP contribution in [0.4, 0.5) is 20.4 Å². The summed E-state index contributed by atoms with van der Waals surface area (Å²) in [5.74, 6) is -0.0607. The van der Waals surface area contributed by atoms with E-state index in [-0.39, 0.29) is 10.9 Å². The Morgan fingerprint density at radius 3 is 2.61 bits per heavy atom. The molecule has 2 aromatic heterocycles. The first-order chi connectivity index (χ1) is 15.9. The second kappa shape index (κ2) is 8.67. The van der Waals surface area contributed by atoms with E-state index in [1.807, 2.05) is 6.07 Å². The molecule has 1 aliphatic heterocycles. The van der Waals surface area contributed by atoms with E-state index in [1.165, 1.54) is 4.68 Å². The monoisotopic (exact) mass is 475 g/mol. The minimum absolute atomic E-state index is 0.0156. The van der Waals surface area contributed by atoms with E-state index in [2.05, 4.69) is 29.8 Å². The zero-order valence-corrected chi connectivity index (χ0v) is 18.5. The van der Waals surface area contributed by atoms with Crippen LogP contribution in [0.3, 0.4) is 0 Å². The predicted octanol–water partition coefficient (Wildman–Crippen LogP) is 2.17. The molecule has 1 aliphatic carbocycles. The zero-order chi connectivity index (χ0) is 23.0. The number of anilines is 2. The van der Waals surface area contributed by atoms with Gasteiger partial charge >= 0.3 is 0 Å². The molecule has 1 N–H and O–H groups in total. The van der Waals surface area contributed by atoms with Gasteiger partial charge in [-0.05, 0) is 37.1 Å². The Bertz CT molecular complexity index is 1260. The minimum Gasteiger partial charge on any atom is -0.354 e. The molecule has 0 amide bonds. The van der Waals surface area contributed by atoms with Gasteiger partial charge in [-0.15, -0.1) is 5.10 Å². The van der Waals surface area contributed by atoms with Crippen molar-refractivity contribution in [2.75, 3.05) is 35.8 Å². The first kappa shape index (κ1) is 21.7. The van der Waals surface area contributed by atoms with Crippen LogP contribution in [0.15, 0.2) is 42.6 Å². The fourth-order valence-electron chi connectivity index (χ4n) is 3.78. The van der Waals surface area contributed by atoms with E-state index >= 15 is 0 Å². The van der Waals surface area contributed by atoms with E-state index in [1.54, 1.807) is 18.3 Å². The predicted molar refractivity (Wildman–Crippen MR) is 119 cm³/mol. The molecule has 12 heteroatoms. The third-order valence-corrected chi connectivity index (χ3v) is 7.56. The van der Waals surface area contributed by atoms with Crippen molar-refractivity contribution in [1.29, 1.82) is 0 Å². The van der Waals surface area contributed by atoms with Crippen LogP contribution in [0.1, 0.15) is 18.5 Å². The highest BCUT2D eigenvalue weighted by Crippen LogP contribution is 2.29. The molecular weight excluding hydrogens is 452 g/mol. The molecule has 2 aliphatic rings. The van der Waals surface area contributed by atoms with Gasteiger partial charge in [0.2, 0.25) is 10.0 Å². The Kier molecular flexibility index (Phi) is 5.71. The third kappa shape index (κ3) is 4.96. The lowest BCUT2D eigenvalue weighted by Crippen LogP contribution is -2.46. The zero-order valence-electron chi connectivity index (χ0n) is 17.7. The van der Waals surface area contributed by atoms with Crippen molar-refractivity contribution in [2.24, 2.45) is 0 Å². The Hall–Kier alpha value is -3.12. The van der Waals surface area contributed by atoms with Crippen molar-refractivity contribution in [3.05, 3.63) is 59.9 Å². The van der Waals surface area contributed by atoms with Crippen LogP contribution in [-0.4, -0.2) is 64.7 Å². The normalized spacial score (nSPS) is 17.3. The number of nitrogens with one attached hydrogen (secondary N) is 1. The van der Waals surface area contributed by atoms with E-state index < -0.39 is 21.7 Å². The van der Waals surface area contributed by atoms with Gasteiger partial charge in [-0.2, -0.15) is 0 Å². The summed E-state index contributed by atoms with van der Waals surface area (Å²) in [4.78, 5) is 8.77. The smallest absolute Gasteiger partial charge is 0.236 e. The number of benzene rings is 1. The fourth-order valence-corrected chi connectivity index (χ4v) is 5.11. The lowest BCUT2D eigenvalue weighted by atomic mass is 10.2. The molecule has 3 heterocycles. The first-order valence-electron chi connectivity index (χ1n) is 10.7. The molecular formula is C21H23F2N7O2S.